The molecule has 0 saturated carbocycles. The minimum absolute atomic E-state index is 0.000262. The summed E-state index contributed by atoms with van der Waals surface area (Å²) in [7, 11) is 1.72. The van der Waals surface area contributed by atoms with Gasteiger partial charge in [0.2, 0.25) is 5.43 Å². The third-order valence-electron chi connectivity index (χ3n) is 4.16. The van der Waals surface area contributed by atoms with E-state index in [0.717, 1.165) is 6.07 Å². The van der Waals surface area contributed by atoms with Crippen LogP contribution in [0.15, 0.2) is 35.4 Å². The molecule has 29 heavy (non-hydrogen) atoms. The van der Waals surface area contributed by atoms with E-state index in [1.807, 2.05) is 6.07 Å². The zero-order valence-corrected chi connectivity index (χ0v) is 16.3. The Kier molecular flexibility index (Phi) is 5.66. The van der Waals surface area contributed by atoms with Gasteiger partial charge in [-0.3, -0.25) is 9.48 Å². The van der Waals surface area contributed by atoms with Gasteiger partial charge in [-0.15, -0.1) is 0 Å². The van der Waals surface area contributed by atoms with Crippen molar-refractivity contribution in [1.82, 2.24) is 19.3 Å². The maximum absolute atomic E-state index is 12.6. The quantitative estimate of drug-likeness (QED) is 0.658. The van der Waals surface area contributed by atoms with E-state index in [1.165, 1.54) is 23.1 Å². The van der Waals surface area contributed by atoms with Crippen LogP contribution in [0.3, 0.4) is 0 Å². The molecule has 0 aliphatic carbocycles. The molecule has 0 radical (unpaired) electrons. The van der Waals surface area contributed by atoms with Gasteiger partial charge in [-0.05, 0) is 19.1 Å². The van der Waals surface area contributed by atoms with Crippen LogP contribution in [0.5, 0.6) is 5.88 Å². The number of aryl methyl sites for hydroxylation is 1. The molecule has 9 nitrogen and oxygen atoms in total. The third kappa shape index (κ3) is 3.97. The molecule has 3 rings (SSSR count). The lowest BCUT2D eigenvalue weighted by Gasteiger charge is -2.19. The number of aromatic carboxylic acids is 1. The van der Waals surface area contributed by atoms with Crippen molar-refractivity contribution in [3.05, 3.63) is 62.8 Å². The van der Waals surface area contributed by atoms with Gasteiger partial charge in [0.1, 0.15) is 18.0 Å². The first-order chi connectivity index (χ1) is 13.8. The molecule has 0 saturated heterocycles. The molecule has 0 bridgehead atoms. The van der Waals surface area contributed by atoms with Crippen LogP contribution in [0.4, 0.5) is 0 Å². The molecule has 1 aromatic carbocycles. The highest BCUT2D eigenvalue weighted by molar-refractivity contribution is 6.32. The summed E-state index contributed by atoms with van der Waals surface area (Å²) >= 11 is 6.12. The van der Waals surface area contributed by atoms with E-state index in [4.69, 9.17) is 21.6 Å². The smallest absolute Gasteiger partial charge is 0.341 e. The summed E-state index contributed by atoms with van der Waals surface area (Å²) in [5.74, 6) is -0.788. The number of halogens is 1. The number of benzene rings is 1. The first-order valence-electron chi connectivity index (χ1n) is 8.54. The van der Waals surface area contributed by atoms with Crippen LogP contribution in [-0.4, -0.2) is 30.4 Å². The van der Waals surface area contributed by atoms with E-state index in [0.29, 0.717) is 17.9 Å². The molecule has 3 aromatic rings. The van der Waals surface area contributed by atoms with Crippen molar-refractivity contribution in [2.24, 2.45) is 7.05 Å². The molecule has 2 aromatic heterocycles. The van der Waals surface area contributed by atoms with Gasteiger partial charge in [-0.2, -0.15) is 10.4 Å². The summed E-state index contributed by atoms with van der Waals surface area (Å²) in [6.45, 7) is 2.11. The van der Waals surface area contributed by atoms with E-state index < -0.39 is 17.0 Å². The van der Waals surface area contributed by atoms with Gasteiger partial charge >= 0.3 is 5.97 Å². The van der Waals surface area contributed by atoms with Crippen molar-refractivity contribution >= 4 is 17.6 Å². The zero-order valence-electron chi connectivity index (χ0n) is 15.6. The number of pyridine rings is 1. The van der Waals surface area contributed by atoms with E-state index >= 15 is 0 Å². The Labute approximate surface area is 170 Å². The summed E-state index contributed by atoms with van der Waals surface area (Å²) in [4.78, 5) is 28.5. The summed E-state index contributed by atoms with van der Waals surface area (Å²) < 4.78 is 8.80. The monoisotopic (exact) mass is 413 g/mol. The van der Waals surface area contributed by atoms with Crippen LogP contribution in [0.2, 0.25) is 5.02 Å². The van der Waals surface area contributed by atoms with Crippen molar-refractivity contribution in [2.75, 3.05) is 0 Å². The lowest BCUT2D eigenvalue weighted by Crippen LogP contribution is -2.22. The minimum atomic E-state index is -1.37. The predicted molar refractivity (Wildman–Crippen MR) is 104 cm³/mol. The van der Waals surface area contributed by atoms with Crippen LogP contribution in [-0.2, 0) is 20.2 Å². The number of carbonyl (C=O) groups is 1. The molecular weight excluding hydrogens is 398 g/mol. The van der Waals surface area contributed by atoms with Crippen LogP contribution in [0, 0.1) is 11.3 Å². The first kappa shape index (κ1) is 20.1. The number of carboxylic acids is 1. The molecule has 0 aliphatic heterocycles. The Morgan fingerprint density at radius 2 is 2.14 bits per heavy atom. The van der Waals surface area contributed by atoms with E-state index in [-0.39, 0.29) is 28.8 Å². The standard InChI is InChI=1S/C19H16ClN5O4/c1-3-25-16(29-9-15-22-10-24(2)23-15)7-14(26)17(19(27)28)18(25)11-4-5-12(8-21)13(20)6-11/h4-7,10H,3,9H2,1-2H3,(H,27,28). The van der Waals surface area contributed by atoms with Crippen LogP contribution < -0.4 is 10.2 Å². The molecular formula is C19H16ClN5O4. The van der Waals surface area contributed by atoms with E-state index in [2.05, 4.69) is 10.1 Å². The highest BCUT2D eigenvalue weighted by Crippen LogP contribution is 2.30. The molecule has 148 valence electrons. The number of hydrogen-bond donors (Lipinski definition) is 1. The zero-order chi connectivity index (χ0) is 21.1. The third-order valence-corrected chi connectivity index (χ3v) is 4.48. The van der Waals surface area contributed by atoms with Crippen molar-refractivity contribution in [3.63, 3.8) is 0 Å². The minimum Gasteiger partial charge on any atom is -0.477 e. The van der Waals surface area contributed by atoms with Crippen molar-refractivity contribution in [3.8, 4) is 23.2 Å². The maximum atomic E-state index is 12.6. The lowest BCUT2D eigenvalue weighted by molar-refractivity contribution is 0.0695. The average Bonchev–Trinajstić information content (AvgIpc) is 3.10. The Balaban J connectivity index is 2.17. The summed E-state index contributed by atoms with van der Waals surface area (Å²) in [5, 5.41) is 23.0. The summed E-state index contributed by atoms with van der Waals surface area (Å²) in [6, 6.07) is 7.55. The maximum Gasteiger partial charge on any atom is 0.341 e. The summed E-state index contributed by atoms with van der Waals surface area (Å²) in [6.07, 6.45) is 1.52. The Morgan fingerprint density at radius 3 is 2.69 bits per heavy atom. The predicted octanol–water partition coefficient (Wildman–Crippen LogP) is 2.47. The van der Waals surface area contributed by atoms with Gasteiger partial charge in [0, 0.05) is 25.2 Å². The van der Waals surface area contributed by atoms with Crippen LogP contribution >= 0.6 is 11.6 Å². The number of aromatic nitrogens is 4. The molecule has 0 fully saturated rings. The average molecular weight is 414 g/mol. The molecule has 2 heterocycles. The van der Waals surface area contributed by atoms with Crippen molar-refractivity contribution in [2.45, 2.75) is 20.1 Å². The fraction of sp³-hybridized carbons (Fsp3) is 0.211. The summed E-state index contributed by atoms with van der Waals surface area (Å²) in [5.41, 5.74) is -0.349. The highest BCUT2D eigenvalue weighted by Gasteiger charge is 2.23. The molecule has 1 N–H and O–H groups in total. The molecule has 0 atom stereocenters. The molecule has 0 unspecified atom stereocenters. The van der Waals surface area contributed by atoms with Gasteiger partial charge in [-0.25, -0.2) is 9.78 Å². The number of hydrogen-bond acceptors (Lipinski definition) is 6. The SMILES string of the molecule is CCn1c(OCc2ncn(C)n2)cc(=O)c(C(=O)O)c1-c1ccc(C#N)c(Cl)c1. The second kappa shape index (κ2) is 8.16. The Bertz CT molecular complexity index is 1190. The molecule has 0 spiro atoms. The van der Waals surface area contributed by atoms with Crippen LogP contribution in [0.1, 0.15) is 28.7 Å². The number of carboxylic acid groups (broad SMARTS) is 1. The van der Waals surface area contributed by atoms with Gasteiger partial charge in [0.25, 0.3) is 0 Å². The molecule has 10 heteroatoms. The topological polar surface area (TPSA) is 123 Å². The fourth-order valence-corrected chi connectivity index (χ4v) is 3.13. The van der Waals surface area contributed by atoms with Crippen molar-refractivity contribution < 1.29 is 14.6 Å². The van der Waals surface area contributed by atoms with Gasteiger partial charge in [0.05, 0.1) is 16.3 Å². The largest absolute Gasteiger partial charge is 0.477 e. The normalized spacial score (nSPS) is 10.6. The van der Waals surface area contributed by atoms with Crippen LogP contribution in [0.25, 0.3) is 11.3 Å². The Morgan fingerprint density at radius 1 is 1.38 bits per heavy atom. The van der Waals surface area contributed by atoms with Gasteiger partial charge in [-0.1, -0.05) is 17.7 Å². The van der Waals surface area contributed by atoms with E-state index in [1.54, 1.807) is 24.6 Å². The van der Waals surface area contributed by atoms with Crippen molar-refractivity contribution in [1.29, 1.82) is 5.26 Å². The first-order valence-corrected chi connectivity index (χ1v) is 8.92. The number of ether oxygens (including phenoxy) is 1. The molecule has 0 amide bonds. The second-order valence-corrected chi connectivity index (χ2v) is 6.46. The van der Waals surface area contributed by atoms with Gasteiger partial charge < -0.3 is 14.4 Å². The molecule has 0 aliphatic rings. The second-order valence-electron chi connectivity index (χ2n) is 6.05. The Hall–Kier alpha value is -3.64. The fourth-order valence-electron chi connectivity index (χ4n) is 2.91. The number of rotatable bonds is 6. The number of nitriles is 1. The number of nitrogens with zero attached hydrogens (tertiary/aromatic N) is 5. The lowest BCUT2D eigenvalue weighted by atomic mass is 10.0. The highest BCUT2D eigenvalue weighted by atomic mass is 35.5. The van der Waals surface area contributed by atoms with Gasteiger partial charge in [0.15, 0.2) is 18.3 Å². The van der Waals surface area contributed by atoms with E-state index in [9.17, 15) is 14.7 Å².